The maximum Gasteiger partial charge on any atom is 0.0425 e. The molecule has 12 heavy (non-hydrogen) atoms. The molecule has 1 N–H and O–H groups in total. The highest BCUT2D eigenvalue weighted by atomic mass is 14.9. The standard InChI is InChI=1S/C11H17N/c1-3-12-10(2)9-11-7-5-4-6-8-11/h4-8,10,12H,3,9H2,1-2H3/t10-/m0/s1/i1D3,3D2. The van der Waals surface area contributed by atoms with Crippen LogP contribution in [0.3, 0.4) is 0 Å². The molecule has 0 amide bonds. The van der Waals surface area contributed by atoms with Gasteiger partial charge in [-0.15, -0.1) is 0 Å². The lowest BCUT2D eigenvalue weighted by molar-refractivity contribution is 0.565. The van der Waals surface area contributed by atoms with Crippen LogP contribution in [0.4, 0.5) is 0 Å². The van der Waals surface area contributed by atoms with Gasteiger partial charge < -0.3 is 5.32 Å². The average molecular weight is 168 g/mol. The fourth-order valence-electron chi connectivity index (χ4n) is 1.14. The Labute approximate surface area is 81.8 Å². The first-order valence-corrected chi connectivity index (χ1v) is 4.04. The molecule has 0 spiro atoms. The number of nitrogens with one attached hydrogen (secondary N) is 1. The van der Waals surface area contributed by atoms with E-state index in [9.17, 15) is 0 Å². The SMILES string of the molecule is [2H]C([2H])([2H])C([2H])([2H])N[C@@H](C)Cc1ccccc1. The van der Waals surface area contributed by atoms with E-state index in [1.807, 2.05) is 30.3 Å². The number of hydrogen-bond acceptors (Lipinski definition) is 1. The van der Waals surface area contributed by atoms with E-state index in [1.165, 1.54) is 0 Å². The second-order valence-electron chi connectivity index (χ2n) is 2.86. The molecule has 1 atom stereocenters. The topological polar surface area (TPSA) is 12.0 Å². The van der Waals surface area contributed by atoms with Gasteiger partial charge in [0.05, 0.1) is 0 Å². The van der Waals surface area contributed by atoms with Gasteiger partial charge in [-0.1, -0.05) is 37.2 Å². The third-order valence-electron chi connectivity index (χ3n) is 1.70. The summed E-state index contributed by atoms with van der Waals surface area (Å²) in [6.07, 6.45) is 0.594. The zero-order valence-electron chi connectivity index (χ0n) is 12.2. The number of benzene rings is 1. The van der Waals surface area contributed by atoms with Crippen molar-refractivity contribution in [3.05, 3.63) is 35.9 Å². The van der Waals surface area contributed by atoms with Crippen LogP contribution in [-0.4, -0.2) is 12.5 Å². The molecule has 1 aromatic carbocycles. The van der Waals surface area contributed by atoms with Gasteiger partial charge in [0, 0.05) is 12.9 Å². The fourth-order valence-corrected chi connectivity index (χ4v) is 1.14. The molecule has 0 saturated heterocycles. The van der Waals surface area contributed by atoms with Gasteiger partial charge in [-0.2, -0.15) is 0 Å². The summed E-state index contributed by atoms with van der Waals surface area (Å²) in [6, 6.07) is 9.34. The molecule has 66 valence electrons. The van der Waals surface area contributed by atoms with Gasteiger partial charge in [-0.3, -0.25) is 0 Å². The average Bonchev–Trinajstić information content (AvgIpc) is 2.16. The lowest BCUT2D eigenvalue weighted by atomic mass is 10.1. The summed E-state index contributed by atoms with van der Waals surface area (Å²) in [6.45, 7) is -3.24. The molecule has 0 aliphatic heterocycles. The molecule has 1 nitrogen and oxygen atoms in total. The summed E-state index contributed by atoms with van der Waals surface area (Å²) in [4.78, 5) is 0. The summed E-state index contributed by atoms with van der Waals surface area (Å²) in [5, 5.41) is 2.52. The largest absolute Gasteiger partial charge is 0.314 e. The Morgan fingerprint density at radius 3 is 2.92 bits per heavy atom. The minimum Gasteiger partial charge on any atom is -0.314 e. The Morgan fingerprint density at radius 2 is 2.25 bits per heavy atom. The molecule has 0 radical (unpaired) electrons. The van der Waals surface area contributed by atoms with Crippen LogP contribution in [0.2, 0.25) is 0 Å². The van der Waals surface area contributed by atoms with E-state index in [0.717, 1.165) is 5.56 Å². The van der Waals surface area contributed by atoms with Crippen molar-refractivity contribution >= 4 is 0 Å². The van der Waals surface area contributed by atoms with Crippen LogP contribution in [0.15, 0.2) is 30.3 Å². The molecule has 0 aliphatic rings. The zero-order valence-corrected chi connectivity index (χ0v) is 7.17. The van der Waals surface area contributed by atoms with Gasteiger partial charge >= 0.3 is 0 Å². The summed E-state index contributed by atoms with van der Waals surface area (Å²) >= 11 is 0. The third kappa shape index (κ3) is 3.05. The highest BCUT2D eigenvalue weighted by Gasteiger charge is 1.99. The molecule has 0 aromatic heterocycles. The van der Waals surface area contributed by atoms with E-state index in [4.69, 9.17) is 6.85 Å². The lowest BCUT2D eigenvalue weighted by Crippen LogP contribution is -2.27. The molecule has 1 rings (SSSR count). The van der Waals surface area contributed by atoms with E-state index in [1.54, 1.807) is 6.92 Å². The van der Waals surface area contributed by atoms with Gasteiger partial charge in [0.1, 0.15) is 0 Å². The predicted molar refractivity (Wildman–Crippen MR) is 53.3 cm³/mol. The Hall–Kier alpha value is -0.820. The smallest absolute Gasteiger partial charge is 0.0425 e. The van der Waals surface area contributed by atoms with E-state index < -0.39 is 13.3 Å². The van der Waals surface area contributed by atoms with Gasteiger partial charge in [0.25, 0.3) is 0 Å². The van der Waals surface area contributed by atoms with E-state index >= 15 is 0 Å². The summed E-state index contributed by atoms with van der Waals surface area (Å²) in [5.74, 6) is 0. The minimum absolute atomic E-state index is 0.243. The van der Waals surface area contributed by atoms with Gasteiger partial charge in [0.15, 0.2) is 0 Å². The molecular formula is C11H17N. The van der Waals surface area contributed by atoms with Gasteiger partial charge in [-0.25, -0.2) is 0 Å². The van der Waals surface area contributed by atoms with Crippen molar-refractivity contribution in [1.82, 2.24) is 5.32 Å². The van der Waals surface area contributed by atoms with Crippen LogP contribution in [0.1, 0.15) is 26.2 Å². The minimum atomic E-state index is -2.65. The maximum atomic E-state index is 7.47. The zero-order chi connectivity index (χ0) is 13.1. The van der Waals surface area contributed by atoms with E-state index in [-0.39, 0.29) is 6.04 Å². The lowest BCUT2D eigenvalue weighted by Gasteiger charge is -2.11. The maximum absolute atomic E-state index is 7.47. The molecule has 0 fully saturated rings. The van der Waals surface area contributed by atoms with Crippen LogP contribution < -0.4 is 5.32 Å². The van der Waals surface area contributed by atoms with Crippen LogP contribution in [-0.2, 0) is 6.42 Å². The first-order valence-electron chi connectivity index (χ1n) is 6.54. The number of rotatable bonds is 4. The molecule has 0 unspecified atom stereocenters. The third-order valence-corrected chi connectivity index (χ3v) is 1.70. The second kappa shape index (κ2) is 4.94. The first-order chi connectivity index (χ1) is 7.72. The molecule has 1 aromatic rings. The monoisotopic (exact) mass is 168 g/mol. The Morgan fingerprint density at radius 1 is 1.50 bits per heavy atom. The summed E-state index contributed by atoms with van der Waals surface area (Å²) in [7, 11) is 0. The fraction of sp³-hybridized carbons (Fsp3) is 0.455. The van der Waals surface area contributed by atoms with Gasteiger partial charge in [-0.05, 0) is 25.4 Å². The highest BCUT2D eigenvalue weighted by molar-refractivity contribution is 5.15. The Bertz CT molecular complexity index is 347. The molecule has 0 heterocycles. The van der Waals surface area contributed by atoms with Crippen LogP contribution >= 0.6 is 0 Å². The normalized spacial score (nSPS) is 21.2. The van der Waals surface area contributed by atoms with E-state index in [2.05, 4.69) is 5.32 Å². The number of likely N-dealkylation sites (N-methyl/N-ethyl adjacent to an activating group) is 1. The van der Waals surface area contributed by atoms with Gasteiger partial charge in [0.2, 0.25) is 0 Å². The van der Waals surface area contributed by atoms with Crippen molar-refractivity contribution in [3.63, 3.8) is 0 Å². The van der Waals surface area contributed by atoms with E-state index in [0.29, 0.717) is 6.42 Å². The van der Waals surface area contributed by atoms with Crippen LogP contribution in [0.5, 0.6) is 0 Å². The van der Waals surface area contributed by atoms with Crippen molar-refractivity contribution in [2.75, 3.05) is 6.50 Å². The molecule has 0 aliphatic carbocycles. The Balaban J connectivity index is 2.59. The number of hydrogen-bond donors (Lipinski definition) is 1. The van der Waals surface area contributed by atoms with Crippen LogP contribution in [0.25, 0.3) is 0 Å². The second-order valence-corrected chi connectivity index (χ2v) is 2.86. The van der Waals surface area contributed by atoms with Crippen molar-refractivity contribution < 1.29 is 6.85 Å². The van der Waals surface area contributed by atoms with Crippen molar-refractivity contribution in [1.29, 1.82) is 0 Å². The predicted octanol–water partition coefficient (Wildman–Crippen LogP) is 2.23. The summed E-state index contributed by atoms with van der Waals surface area (Å²) < 4.78 is 36.2. The Kier molecular flexibility index (Phi) is 1.82. The molecule has 1 heteroatoms. The van der Waals surface area contributed by atoms with Crippen LogP contribution in [0, 0.1) is 0 Å². The molecular weight excluding hydrogens is 146 g/mol. The molecule has 0 bridgehead atoms. The highest BCUT2D eigenvalue weighted by Crippen LogP contribution is 2.01. The van der Waals surface area contributed by atoms with Crippen molar-refractivity contribution in [3.8, 4) is 0 Å². The quantitative estimate of drug-likeness (QED) is 0.727. The first kappa shape index (κ1) is 4.43. The van der Waals surface area contributed by atoms with Crippen molar-refractivity contribution in [2.45, 2.75) is 26.2 Å². The van der Waals surface area contributed by atoms with Crippen molar-refractivity contribution in [2.24, 2.45) is 0 Å². The molecule has 0 saturated carbocycles. The summed E-state index contributed by atoms with van der Waals surface area (Å²) in [5.41, 5.74) is 1.05.